The Labute approximate surface area is 339 Å². The molecule has 1 fully saturated rings. The summed E-state index contributed by atoms with van der Waals surface area (Å²) in [7, 11) is -10.0. The van der Waals surface area contributed by atoms with Gasteiger partial charge in [0, 0.05) is 0 Å². The van der Waals surface area contributed by atoms with Crippen LogP contribution in [-0.4, -0.2) is 84.3 Å². The molecule has 0 bridgehead atoms. The van der Waals surface area contributed by atoms with Gasteiger partial charge in [-0.05, 0) is 0 Å². The number of rotatable bonds is 14. The molecule has 54 heavy (non-hydrogen) atoms. The second kappa shape index (κ2) is 17.2. The zero-order valence-corrected chi connectivity index (χ0v) is 41.7. The average molecular weight is 870 g/mol. The van der Waals surface area contributed by atoms with E-state index in [0.29, 0.717) is 6.61 Å². The van der Waals surface area contributed by atoms with Crippen LogP contribution < -0.4 is 14.8 Å². The Balaban J connectivity index is 2.02. The molecule has 0 aromatic heterocycles. The first-order valence-corrected chi connectivity index (χ1v) is 32.2. The summed E-state index contributed by atoms with van der Waals surface area (Å²) >= 11 is -0.118. The Morgan fingerprint density at radius 3 is 1.39 bits per heavy atom. The van der Waals surface area contributed by atoms with E-state index in [1.165, 1.54) is 4.46 Å². The van der Waals surface area contributed by atoms with Crippen LogP contribution in [0.5, 0.6) is 0 Å². The van der Waals surface area contributed by atoms with Crippen LogP contribution in [-0.2, 0) is 22.4 Å². The van der Waals surface area contributed by atoms with Crippen molar-refractivity contribution in [3.05, 3.63) is 103 Å². The molecule has 1 heterocycles. The molecule has 0 N–H and O–H groups in total. The number of hydrogen-bond donors (Lipinski definition) is 0. The fourth-order valence-electron chi connectivity index (χ4n) is 5.86. The summed E-state index contributed by atoms with van der Waals surface area (Å²) in [5, 5.41) is 1.99. The van der Waals surface area contributed by atoms with Crippen molar-refractivity contribution in [1.82, 2.24) is 0 Å². The molecular formula is C44H70O5SeSi4. The third-order valence-corrected chi connectivity index (χ3v) is 32.0. The number of hydrogen-bond acceptors (Lipinski definition) is 5. The quantitative estimate of drug-likeness (QED) is 0.151. The first-order valence-electron chi connectivity index (χ1n) is 19.6. The van der Waals surface area contributed by atoms with Crippen molar-refractivity contribution in [2.45, 2.75) is 146 Å². The first-order chi connectivity index (χ1) is 24.9. The second-order valence-electron chi connectivity index (χ2n) is 19.5. The van der Waals surface area contributed by atoms with Gasteiger partial charge in [0.1, 0.15) is 0 Å². The maximum absolute atomic E-state index is 7.95. The van der Waals surface area contributed by atoms with Crippen LogP contribution in [0.3, 0.4) is 0 Å². The predicted octanol–water partition coefficient (Wildman–Crippen LogP) is 9.41. The van der Waals surface area contributed by atoms with Gasteiger partial charge in [-0.1, -0.05) is 0 Å². The molecule has 3 aromatic rings. The molecule has 1 aliphatic rings. The molecule has 1 aliphatic heterocycles. The fourth-order valence-corrected chi connectivity index (χ4v) is 15.3. The summed E-state index contributed by atoms with van der Waals surface area (Å²) in [6.07, 6.45) is -1.59. The zero-order valence-electron chi connectivity index (χ0n) is 36.0. The van der Waals surface area contributed by atoms with Crippen LogP contribution >= 0.6 is 0 Å². The van der Waals surface area contributed by atoms with Crippen molar-refractivity contribution in [2.24, 2.45) is 0 Å². The fraction of sp³-hybridized carbons (Fsp3) is 0.545. The first kappa shape index (κ1) is 45.3. The molecular weight excluding hydrogens is 800 g/mol. The van der Waals surface area contributed by atoms with E-state index in [1.807, 2.05) is 0 Å². The minimum atomic E-state index is -3.09. The van der Waals surface area contributed by atoms with E-state index in [4.69, 9.17) is 22.4 Å². The van der Waals surface area contributed by atoms with Gasteiger partial charge in [0.2, 0.25) is 0 Å². The number of benzene rings is 3. The van der Waals surface area contributed by atoms with E-state index in [0.717, 1.165) is 10.4 Å². The maximum atomic E-state index is 7.95. The van der Waals surface area contributed by atoms with E-state index in [9.17, 15) is 0 Å². The Morgan fingerprint density at radius 2 is 0.981 bits per heavy atom. The molecule has 0 aliphatic carbocycles. The Kier molecular flexibility index (Phi) is 14.4. The van der Waals surface area contributed by atoms with Gasteiger partial charge in [-0.15, -0.1) is 0 Å². The van der Waals surface area contributed by atoms with Crippen molar-refractivity contribution in [2.75, 3.05) is 6.61 Å². The van der Waals surface area contributed by atoms with E-state index in [1.54, 1.807) is 0 Å². The van der Waals surface area contributed by atoms with Gasteiger partial charge in [-0.2, -0.15) is 0 Å². The summed E-state index contributed by atoms with van der Waals surface area (Å²) in [4.78, 5) is 0. The monoisotopic (exact) mass is 870 g/mol. The van der Waals surface area contributed by atoms with Gasteiger partial charge in [-0.3, -0.25) is 0 Å². The molecule has 10 heteroatoms. The van der Waals surface area contributed by atoms with Gasteiger partial charge in [0.15, 0.2) is 0 Å². The van der Waals surface area contributed by atoms with Crippen molar-refractivity contribution in [1.29, 1.82) is 0 Å². The SMILES string of the molecule is C=C[Si](O[C@@H]1[C@@H](O[Si](C)(C)C(C)(C)C)[C@H](O[Si](C)(C)C(C)(C)C)[C@@H](CO[Si](C)(C)C(C)(C)C)O[C@@H]1[Se]c1ccccc1)(c1ccccc1)c1ccccc1. The topological polar surface area (TPSA) is 46.2 Å². The van der Waals surface area contributed by atoms with E-state index >= 15 is 0 Å². The molecule has 0 saturated carbocycles. The Bertz CT molecular complexity index is 1590. The van der Waals surface area contributed by atoms with Crippen molar-refractivity contribution >= 4 is 63.1 Å². The van der Waals surface area contributed by atoms with Crippen LogP contribution in [0.25, 0.3) is 0 Å². The van der Waals surface area contributed by atoms with Crippen LogP contribution in [0.15, 0.2) is 103 Å². The standard InChI is InChI=1S/C44H70O5SeSi4/c1-17-54(35-29-23-19-24-30-35,36-31-25-20-26-32-36)49-40-39(48-53(15,16)44(8,9)10)38(47-52(13,14)43(5,6)7)37(33-45-51(11,12)42(2,3)4)46-41(40)50-34-27-21-18-22-28-34/h17-32,37-41H,1,33H2,2-16H3/t37-,38-,39+,40-,41-/m1/s1. The van der Waals surface area contributed by atoms with E-state index < -0.39 is 51.6 Å². The summed E-state index contributed by atoms with van der Waals surface area (Å²) in [6.45, 7) is 39.8. The molecule has 0 unspecified atom stereocenters. The minimum absolute atomic E-state index is 0.0335. The van der Waals surface area contributed by atoms with Crippen LogP contribution in [0.4, 0.5) is 0 Å². The molecule has 3 aromatic carbocycles. The van der Waals surface area contributed by atoms with Crippen molar-refractivity contribution < 1.29 is 22.4 Å². The van der Waals surface area contributed by atoms with E-state index in [2.05, 4.69) is 205 Å². The summed E-state index contributed by atoms with van der Waals surface area (Å²) in [6, 6.07) is 32.1. The predicted molar refractivity (Wildman–Crippen MR) is 241 cm³/mol. The van der Waals surface area contributed by atoms with Crippen LogP contribution in [0.2, 0.25) is 54.4 Å². The molecule has 298 valence electrons. The Morgan fingerprint density at radius 1 is 0.574 bits per heavy atom. The third-order valence-electron chi connectivity index (χ3n) is 12.5. The van der Waals surface area contributed by atoms with Gasteiger partial charge in [0.05, 0.1) is 0 Å². The van der Waals surface area contributed by atoms with Gasteiger partial charge >= 0.3 is 342 Å². The third kappa shape index (κ3) is 10.4. The number of ether oxygens (including phenoxy) is 1. The van der Waals surface area contributed by atoms with Gasteiger partial charge < -0.3 is 0 Å². The molecule has 0 radical (unpaired) electrons. The van der Waals surface area contributed by atoms with Crippen molar-refractivity contribution in [3.63, 3.8) is 0 Å². The normalized spacial score (nSPS) is 22.2. The van der Waals surface area contributed by atoms with Crippen molar-refractivity contribution in [3.8, 4) is 0 Å². The Hall–Kier alpha value is -1.41. The summed E-state index contributed by atoms with van der Waals surface area (Å²) < 4.78 is 39.2. The van der Waals surface area contributed by atoms with Gasteiger partial charge in [-0.25, -0.2) is 0 Å². The summed E-state index contributed by atoms with van der Waals surface area (Å²) in [5.41, 5.74) is 2.10. The molecule has 4 rings (SSSR count). The van der Waals surface area contributed by atoms with Crippen LogP contribution in [0.1, 0.15) is 62.3 Å². The molecule has 5 nitrogen and oxygen atoms in total. The van der Waals surface area contributed by atoms with Crippen LogP contribution in [0, 0.1) is 0 Å². The molecule has 0 amide bonds. The summed E-state index contributed by atoms with van der Waals surface area (Å²) in [5.74, 6) is 0. The average Bonchev–Trinajstić information content (AvgIpc) is 3.08. The zero-order chi connectivity index (χ0) is 40.4. The molecule has 1 saturated heterocycles. The molecule has 0 spiro atoms. The van der Waals surface area contributed by atoms with E-state index in [-0.39, 0.29) is 41.2 Å². The molecule has 5 atom stereocenters. The van der Waals surface area contributed by atoms with Gasteiger partial charge in [0.25, 0.3) is 0 Å². The second-order valence-corrected chi connectivity index (χ2v) is 39.5.